The van der Waals surface area contributed by atoms with Gasteiger partial charge in [-0.3, -0.25) is 4.55 Å². The fraction of sp³-hybridized carbons (Fsp3) is 0.333. The van der Waals surface area contributed by atoms with Crippen LogP contribution >= 0.6 is 0 Å². The Morgan fingerprint density at radius 3 is 2.44 bits per heavy atom. The first kappa shape index (κ1) is 22.0. The van der Waals surface area contributed by atoms with Gasteiger partial charge in [-0.2, -0.15) is 8.42 Å². The minimum atomic E-state index is -4.29. The van der Waals surface area contributed by atoms with Crippen LogP contribution in [0.1, 0.15) is 38.2 Å². The largest absolute Gasteiger partial charge is 1.00 e. The number of hydrogen-bond acceptors (Lipinski definition) is 4. The molecule has 2 rings (SSSR count). The van der Waals surface area contributed by atoms with Crippen LogP contribution in [-0.4, -0.2) is 13.0 Å². The Labute approximate surface area is 171 Å². The number of para-hydroxylation sites is 2. The van der Waals surface area contributed by atoms with Gasteiger partial charge in [0.05, 0.1) is 4.90 Å². The summed E-state index contributed by atoms with van der Waals surface area (Å²) in [5.41, 5.74) is 0.495. The molecule has 0 aromatic heterocycles. The number of rotatable bonds is 8. The summed E-state index contributed by atoms with van der Waals surface area (Å²) in [4.78, 5) is -0.109. The SMILES string of the molecule is CCCCCCc1cc(Oc2ccccc2[O-])ccc1S(=O)(=O)O.[Na+]. The first-order valence-electron chi connectivity index (χ1n) is 7.96. The summed E-state index contributed by atoms with van der Waals surface area (Å²) in [6.45, 7) is 2.10. The second-order valence-electron chi connectivity index (χ2n) is 5.60. The van der Waals surface area contributed by atoms with Crippen LogP contribution in [-0.2, 0) is 16.5 Å². The number of ether oxygens (including phenoxy) is 1. The first-order chi connectivity index (χ1) is 11.4. The van der Waals surface area contributed by atoms with Crippen LogP contribution in [0.5, 0.6) is 17.2 Å². The van der Waals surface area contributed by atoms with Gasteiger partial charge in [-0.15, -0.1) is 0 Å². The third kappa shape index (κ3) is 6.64. The third-order valence-electron chi connectivity index (χ3n) is 3.69. The Balaban J connectivity index is 0.00000312. The Morgan fingerprint density at radius 1 is 1.08 bits per heavy atom. The van der Waals surface area contributed by atoms with Crippen LogP contribution < -0.4 is 39.4 Å². The Morgan fingerprint density at radius 2 is 1.80 bits per heavy atom. The van der Waals surface area contributed by atoms with Crippen molar-refractivity contribution in [3.63, 3.8) is 0 Å². The summed E-state index contributed by atoms with van der Waals surface area (Å²) in [6.07, 6.45) is 4.47. The second kappa shape index (κ2) is 10.2. The van der Waals surface area contributed by atoms with E-state index in [9.17, 15) is 18.1 Å². The summed E-state index contributed by atoms with van der Waals surface area (Å²) >= 11 is 0. The molecule has 0 heterocycles. The van der Waals surface area contributed by atoms with Crippen LogP contribution in [0.15, 0.2) is 47.4 Å². The van der Waals surface area contributed by atoms with Gasteiger partial charge in [0, 0.05) is 0 Å². The minimum Gasteiger partial charge on any atom is -0.870 e. The van der Waals surface area contributed by atoms with Crippen LogP contribution in [0.3, 0.4) is 0 Å². The monoisotopic (exact) mass is 372 g/mol. The van der Waals surface area contributed by atoms with Gasteiger partial charge >= 0.3 is 29.6 Å². The van der Waals surface area contributed by atoms with Crippen LogP contribution in [0.2, 0.25) is 0 Å². The summed E-state index contributed by atoms with van der Waals surface area (Å²) in [5.74, 6) is 0.297. The molecular formula is C18H21NaO5S. The molecule has 0 amide bonds. The molecule has 7 heteroatoms. The van der Waals surface area contributed by atoms with Crippen molar-refractivity contribution in [1.29, 1.82) is 0 Å². The normalized spacial score (nSPS) is 11.0. The van der Waals surface area contributed by atoms with Crippen molar-refractivity contribution in [3.8, 4) is 17.2 Å². The average Bonchev–Trinajstić information content (AvgIpc) is 2.53. The molecule has 0 saturated carbocycles. The van der Waals surface area contributed by atoms with E-state index >= 15 is 0 Å². The smallest absolute Gasteiger partial charge is 0.870 e. The molecule has 2 aromatic carbocycles. The van der Waals surface area contributed by atoms with Crippen molar-refractivity contribution in [1.82, 2.24) is 0 Å². The molecule has 2 aromatic rings. The predicted molar refractivity (Wildman–Crippen MR) is 90.1 cm³/mol. The van der Waals surface area contributed by atoms with Gasteiger partial charge in [0.15, 0.2) is 0 Å². The van der Waals surface area contributed by atoms with Gasteiger partial charge < -0.3 is 9.84 Å². The quantitative estimate of drug-likeness (QED) is 0.423. The van der Waals surface area contributed by atoms with Crippen LogP contribution in [0.25, 0.3) is 0 Å². The van der Waals surface area contributed by atoms with Crippen LogP contribution in [0.4, 0.5) is 0 Å². The Bertz CT molecular complexity index is 790. The van der Waals surface area contributed by atoms with E-state index in [1.807, 2.05) is 0 Å². The van der Waals surface area contributed by atoms with E-state index in [0.717, 1.165) is 25.7 Å². The molecule has 0 bridgehead atoms. The minimum absolute atomic E-state index is 0. The van der Waals surface area contributed by atoms with Crippen molar-refractivity contribution >= 4 is 10.1 Å². The van der Waals surface area contributed by atoms with E-state index in [-0.39, 0.29) is 46.0 Å². The topological polar surface area (TPSA) is 86.7 Å². The van der Waals surface area contributed by atoms with Crippen molar-refractivity contribution in [2.24, 2.45) is 0 Å². The van der Waals surface area contributed by atoms with E-state index in [4.69, 9.17) is 4.74 Å². The van der Waals surface area contributed by atoms with Gasteiger partial charge in [0.2, 0.25) is 0 Å². The van der Waals surface area contributed by atoms with E-state index in [1.54, 1.807) is 24.3 Å². The molecule has 0 aliphatic heterocycles. The number of unbranched alkanes of at least 4 members (excludes halogenated alkanes) is 3. The molecule has 0 radical (unpaired) electrons. The summed E-state index contributed by atoms with van der Waals surface area (Å²) in [7, 11) is -4.29. The molecule has 0 spiro atoms. The average molecular weight is 372 g/mol. The van der Waals surface area contributed by atoms with E-state index in [2.05, 4.69) is 6.92 Å². The fourth-order valence-electron chi connectivity index (χ4n) is 2.47. The number of aryl methyl sites for hydroxylation is 1. The van der Waals surface area contributed by atoms with E-state index in [1.165, 1.54) is 18.2 Å². The Kier molecular flexibility index (Phi) is 8.96. The van der Waals surface area contributed by atoms with Gasteiger partial charge in [-0.1, -0.05) is 50.1 Å². The summed E-state index contributed by atoms with van der Waals surface area (Å²) < 4.78 is 38.0. The maximum absolute atomic E-state index is 11.7. The van der Waals surface area contributed by atoms with Gasteiger partial charge in [0.25, 0.3) is 10.1 Å². The Hall–Kier alpha value is -1.05. The third-order valence-corrected chi connectivity index (χ3v) is 4.64. The van der Waals surface area contributed by atoms with E-state index < -0.39 is 10.1 Å². The number of benzene rings is 2. The fourth-order valence-corrected chi connectivity index (χ4v) is 3.20. The first-order valence-corrected chi connectivity index (χ1v) is 9.40. The zero-order valence-electron chi connectivity index (χ0n) is 14.6. The zero-order valence-corrected chi connectivity index (χ0v) is 17.4. The molecule has 0 aliphatic rings. The van der Waals surface area contributed by atoms with E-state index in [0.29, 0.717) is 17.7 Å². The zero-order chi connectivity index (χ0) is 17.6. The summed E-state index contributed by atoms with van der Waals surface area (Å²) in [5, 5.41) is 11.7. The molecule has 0 fully saturated rings. The molecule has 1 N–H and O–H groups in total. The maximum atomic E-state index is 11.7. The molecule has 0 saturated heterocycles. The molecule has 5 nitrogen and oxygen atoms in total. The standard InChI is InChI=1S/C18H22O5S.Na/c1-2-3-4-5-8-14-13-15(11-12-18(14)24(20,21)22)23-17-10-7-6-9-16(17)19;/h6-7,9-13,19H,2-5,8H2,1H3,(H,20,21,22);/q;+1/p-1. The number of hydrogen-bond donors (Lipinski definition) is 1. The molecule has 0 aliphatic carbocycles. The van der Waals surface area contributed by atoms with Crippen molar-refractivity contribution in [2.45, 2.75) is 43.9 Å². The van der Waals surface area contributed by atoms with Crippen molar-refractivity contribution in [2.75, 3.05) is 0 Å². The molecule has 130 valence electrons. The molecular weight excluding hydrogens is 351 g/mol. The molecule has 0 atom stereocenters. The van der Waals surface area contributed by atoms with Gasteiger partial charge in [0.1, 0.15) is 11.5 Å². The maximum Gasteiger partial charge on any atom is 1.00 e. The van der Waals surface area contributed by atoms with Gasteiger partial charge in [-0.25, -0.2) is 0 Å². The van der Waals surface area contributed by atoms with Crippen LogP contribution in [0, 0.1) is 0 Å². The van der Waals surface area contributed by atoms with Crippen molar-refractivity contribution < 1.29 is 52.4 Å². The molecule has 25 heavy (non-hydrogen) atoms. The predicted octanol–water partition coefficient (Wildman–Crippen LogP) is 0.926. The van der Waals surface area contributed by atoms with Gasteiger partial charge in [-0.05, 0) is 42.7 Å². The summed E-state index contributed by atoms with van der Waals surface area (Å²) in [6, 6.07) is 10.6. The van der Waals surface area contributed by atoms with Crippen molar-refractivity contribution in [3.05, 3.63) is 48.0 Å². The molecule has 0 unspecified atom stereocenters. The second-order valence-corrected chi connectivity index (χ2v) is 6.99.